The Morgan fingerprint density at radius 2 is 2.07 bits per heavy atom. The zero-order valence-corrected chi connectivity index (χ0v) is 9.62. The molecule has 1 heterocycles. The van der Waals surface area contributed by atoms with Crippen LogP contribution in [0.5, 0.6) is 0 Å². The first-order valence-corrected chi connectivity index (χ1v) is 5.00. The van der Waals surface area contributed by atoms with E-state index in [-0.39, 0.29) is 13.0 Å². The van der Waals surface area contributed by atoms with Gasteiger partial charge in [-0.1, -0.05) is 0 Å². The molecule has 1 aliphatic heterocycles. The minimum Gasteiger partial charge on any atom is -0.444 e. The summed E-state index contributed by atoms with van der Waals surface area (Å²) in [5.41, 5.74) is -0.566. The van der Waals surface area contributed by atoms with E-state index in [4.69, 9.17) is 9.47 Å². The van der Waals surface area contributed by atoms with Crippen molar-refractivity contribution in [2.75, 3.05) is 13.7 Å². The Balaban J connectivity index is 2.59. The van der Waals surface area contributed by atoms with Crippen LogP contribution < -0.4 is 0 Å². The number of likely N-dealkylation sites (tertiary alicyclic amines) is 1. The van der Waals surface area contributed by atoms with Crippen molar-refractivity contribution in [1.82, 2.24) is 4.90 Å². The van der Waals surface area contributed by atoms with Crippen molar-refractivity contribution >= 4 is 6.09 Å². The Morgan fingerprint density at radius 3 is 2.53 bits per heavy atom. The molecule has 1 rings (SSSR count). The maximum Gasteiger partial charge on any atom is 0.412 e. The number of carbonyl (C=O) groups excluding carboxylic acids is 1. The Kier molecular flexibility index (Phi) is 3.54. The Bertz CT molecular complexity index is 239. The van der Waals surface area contributed by atoms with E-state index in [1.807, 2.05) is 0 Å². The Hall–Kier alpha value is -0.840. The molecule has 5 heteroatoms. The van der Waals surface area contributed by atoms with Gasteiger partial charge in [-0.05, 0) is 20.8 Å². The molecule has 0 aliphatic carbocycles. The molecule has 1 aliphatic rings. The summed E-state index contributed by atoms with van der Waals surface area (Å²) in [7, 11) is 1.46. The molecule has 0 aromatic rings. The molecule has 0 saturated carbocycles. The number of amides is 1. The second-order valence-electron chi connectivity index (χ2n) is 4.66. The van der Waals surface area contributed by atoms with Crippen LogP contribution in [0.2, 0.25) is 0 Å². The highest BCUT2D eigenvalue weighted by atomic mass is 19.1. The smallest absolute Gasteiger partial charge is 0.412 e. The van der Waals surface area contributed by atoms with E-state index >= 15 is 0 Å². The lowest BCUT2D eigenvalue weighted by atomic mass is 10.2. The number of carbonyl (C=O) groups is 1. The molecule has 0 radical (unpaired) electrons. The fourth-order valence-electron chi connectivity index (χ4n) is 1.49. The summed E-state index contributed by atoms with van der Waals surface area (Å²) >= 11 is 0. The molecule has 0 spiro atoms. The first-order valence-electron chi connectivity index (χ1n) is 5.00. The minimum absolute atomic E-state index is 0.0490. The van der Waals surface area contributed by atoms with E-state index in [2.05, 4.69) is 0 Å². The quantitative estimate of drug-likeness (QED) is 0.676. The van der Waals surface area contributed by atoms with Crippen LogP contribution in [-0.4, -0.2) is 42.6 Å². The summed E-state index contributed by atoms with van der Waals surface area (Å²) in [6.45, 7) is 5.37. The van der Waals surface area contributed by atoms with Crippen LogP contribution in [0, 0.1) is 0 Å². The molecule has 2 atom stereocenters. The molecule has 0 N–H and O–H groups in total. The van der Waals surface area contributed by atoms with E-state index < -0.39 is 24.1 Å². The summed E-state index contributed by atoms with van der Waals surface area (Å²) in [5.74, 6) is 0. The number of rotatable bonds is 1. The summed E-state index contributed by atoms with van der Waals surface area (Å²) in [6.07, 6.45) is -1.83. The van der Waals surface area contributed by atoms with Crippen molar-refractivity contribution in [2.24, 2.45) is 0 Å². The number of hydrogen-bond donors (Lipinski definition) is 0. The monoisotopic (exact) mass is 219 g/mol. The van der Waals surface area contributed by atoms with Crippen molar-refractivity contribution < 1.29 is 18.7 Å². The molecule has 15 heavy (non-hydrogen) atoms. The van der Waals surface area contributed by atoms with Crippen molar-refractivity contribution in [2.45, 2.75) is 45.2 Å². The first-order chi connectivity index (χ1) is 6.83. The number of hydrogen-bond acceptors (Lipinski definition) is 3. The summed E-state index contributed by atoms with van der Waals surface area (Å²) in [6, 6.07) is 0. The molecule has 1 unspecified atom stereocenters. The van der Waals surface area contributed by atoms with Gasteiger partial charge in [0.25, 0.3) is 0 Å². The lowest BCUT2D eigenvalue weighted by molar-refractivity contribution is -0.0305. The van der Waals surface area contributed by atoms with E-state index in [0.717, 1.165) is 0 Å². The zero-order valence-electron chi connectivity index (χ0n) is 9.62. The molecular formula is C10H18FNO3. The maximum atomic E-state index is 13.1. The van der Waals surface area contributed by atoms with Crippen molar-refractivity contribution in [3.05, 3.63) is 0 Å². The maximum absolute atomic E-state index is 13.1. The minimum atomic E-state index is -1.03. The van der Waals surface area contributed by atoms with E-state index in [0.29, 0.717) is 0 Å². The Morgan fingerprint density at radius 1 is 1.47 bits per heavy atom. The van der Waals surface area contributed by atoms with Crippen molar-refractivity contribution in [3.63, 3.8) is 0 Å². The standard InChI is InChI=1S/C10H18FNO3/c1-10(2,3)15-9(13)12-6-7(11)5-8(12)14-4/h7-8H,5-6H2,1-4H3/t7?,8-/m0/s1. The second-order valence-corrected chi connectivity index (χ2v) is 4.66. The predicted octanol–water partition coefficient (Wildman–Crippen LogP) is 1.94. The average Bonchev–Trinajstić information content (AvgIpc) is 2.43. The van der Waals surface area contributed by atoms with Crippen molar-refractivity contribution in [3.8, 4) is 0 Å². The highest BCUT2D eigenvalue weighted by Crippen LogP contribution is 2.23. The van der Waals surface area contributed by atoms with Gasteiger partial charge in [0.2, 0.25) is 0 Å². The number of halogens is 1. The third-order valence-corrected chi connectivity index (χ3v) is 2.10. The van der Waals surface area contributed by atoms with Gasteiger partial charge in [0, 0.05) is 13.5 Å². The molecular weight excluding hydrogens is 201 g/mol. The fourth-order valence-corrected chi connectivity index (χ4v) is 1.49. The van der Waals surface area contributed by atoms with Crippen LogP contribution >= 0.6 is 0 Å². The van der Waals surface area contributed by atoms with Gasteiger partial charge >= 0.3 is 6.09 Å². The predicted molar refractivity (Wildman–Crippen MR) is 53.3 cm³/mol. The molecule has 0 aromatic carbocycles. The highest BCUT2D eigenvalue weighted by molar-refractivity contribution is 5.68. The van der Waals surface area contributed by atoms with Crippen LogP contribution in [0.1, 0.15) is 27.2 Å². The van der Waals surface area contributed by atoms with Crippen LogP contribution in [0.15, 0.2) is 0 Å². The number of nitrogens with zero attached hydrogens (tertiary/aromatic N) is 1. The van der Waals surface area contributed by atoms with Gasteiger partial charge in [0.05, 0.1) is 6.54 Å². The molecule has 4 nitrogen and oxygen atoms in total. The molecule has 1 saturated heterocycles. The molecule has 0 bridgehead atoms. The normalized spacial score (nSPS) is 26.9. The van der Waals surface area contributed by atoms with E-state index in [1.165, 1.54) is 12.0 Å². The third kappa shape index (κ3) is 3.34. The molecule has 88 valence electrons. The lowest BCUT2D eigenvalue weighted by Gasteiger charge is -2.27. The molecule has 1 fully saturated rings. The van der Waals surface area contributed by atoms with Crippen LogP contribution in [0.3, 0.4) is 0 Å². The van der Waals surface area contributed by atoms with Gasteiger partial charge in [0.1, 0.15) is 18.0 Å². The van der Waals surface area contributed by atoms with Gasteiger partial charge in [-0.2, -0.15) is 0 Å². The fraction of sp³-hybridized carbons (Fsp3) is 0.900. The summed E-state index contributed by atoms with van der Waals surface area (Å²) in [5, 5.41) is 0. The van der Waals surface area contributed by atoms with Crippen molar-refractivity contribution in [1.29, 1.82) is 0 Å². The molecule has 1 amide bonds. The molecule has 0 aromatic heterocycles. The van der Waals surface area contributed by atoms with Crippen LogP contribution in [0.25, 0.3) is 0 Å². The van der Waals surface area contributed by atoms with E-state index in [1.54, 1.807) is 20.8 Å². The summed E-state index contributed by atoms with van der Waals surface area (Å²) < 4.78 is 23.2. The zero-order chi connectivity index (χ0) is 11.6. The van der Waals surface area contributed by atoms with Gasteiger partial charge < -0.3 is 9.47 Å². The number of methoxy groups -OCH3 is 1. The third-order valence-electron chi connectivity index (χ3n) is 2.10. The summed E-state index contributed by atoms with van der Waals surface area (Å²) in [4.78, 5) is 12.9. The van der Waals surface area contributed by atoms with Gasteiger partial charge in [-0.15, -0.1) is 0 Å². The van der Waals surface area contributed by atoms with Gasteiger partial charge in [-0.25, -0.2) is 9.18 Å². The second kappa shape index (κ2) is 4.35. The van der Waals surface area contributed by atoms with Gasteiger partial charge in [-0.3, -0.25) is 4.90 Å². The SMILES string of the molecule is CO[C@H]1CC(F)CN1C(=O)OC(C)(C)C. The number of alkyl halides is 1. The van der Waals surface area contributed by atoms with Crippen LogP contribution in [-0.2, 0) is 9.47 Å². The lowest BCUT2D eigenvalue weighted by Crippen LogP contribution is -2.40. The van der Waals surface area contributed by atoms with Gasteiger partial charge in [0.15, 0.2) is 0 Å². The van der Waals surface area contributed by atoms with Crippen LogP contribution in [0.4, 0.5) is 9.18 Å². The number of ether oxygens (including phenoxy) is 2. The van der Waals surface area contributed by atoms with E-state index in [9.17, 15) is 9.18 Å². The first kappa shape index (κ1) is 12.2. The largest absolute Gasteiger partial charge is 0.444 e. The Labute approximate surface area is 89.3 Å². The average molecular weight is 219 g/mol. The highest BCUT2D eigenvalue weighted by Gasteiger charge is 2.37. The topological polar surface area (TPSA) is 38.8 Å².